The number of alkyl halides is 6. The number of ether oxygens (including phenoxy) is 2. The number of nitrogens with zero attached hydrogens (tertiary/aromatic N) is 1. The second kappa shape index (κ2) is 6.38. The first-order chi connectivity index (χ1) is 10.0. The zero-order chi connectivity index (χ0) is 17.1. The maximum atomic E-state index is 12.8. The number of rotatable bonds is 4. The largest absolute Gasteiger partial charge is 0.573 e. The van der Waals surface area contributed by atoms with E-state index in [-0.39, 0.29) is 12.2 Å². The molecule has 0 bridgehead atoms. The third-order valence-corrected chi connectivity index (χ3v) is 2.30. The van der Waals surface area contributed by atoms with Crippen molar-refractivity contribution in [2.24, 2.45) is 5.73 Å². The average Bonchev–Trinajstić information content (AvgIpc) is 2.34. The van der Waals surface area contributed by atoms with Gasteiger partial charge in [-0.3, -0.25) is 0 Å². The molecular weight excluding hydrogens is 322 g/mol. The number of esters is 1. The summed E-state index contributed by atoms with van der Waals surface area (Å²) in [6.45, 7) is 0.529. The number of hydrogen-bond acceptors (Lipinski definition) is 5. The lowest BCUT2D eigenvalue weighted by Crippen LogP contribution is -2.25. The molecular formula is C11H10F6N2O3. The van der Waals surface area contributed by atoms with Crippen LogP contribution in [0.15, 0.2) is 6.20 Å². The van der Waals surface area contributed by atoms with Crippen molar-refractivity contribution in [1.29, 1.82) is 0 Å². The van der Waals surface area contributed by atoms with Crippen molar-refractivity contribution in [3.63, 3.8) is 0 Å². The molecule has 11 heteroatoms. The maximum Gasteiger partial charge on any atom is 0.573 e. The number of hydrogen-bond donors (Lipinski definition) is 1. The Kier molecular flexibility index (Phi) is 5.22. The minimum atomic E-state index is -5.46. The first-order valence-electron chi connectivity index (χ1n) is 5.73. The van der Waals surface area contributed by atoms with Crippen LogP contribution >= 0.6 is 0 Å². The van der Waals surface area contributed by atoms with Gasteiger partial charge in [0, 0.05) is 18.3 Å². The fourth-order valence-electron chi connectivity index (χ4n) is 1.53. The molecule has 1 aromatic rings. The average molecular weight is 332 g/mol. The third-order valence-electron chi connectivity index (χ3n) is 2.30. The van der Waals surface area contributed by atoms with Crippen LogP contribution in [0, 0.1) is 0 Å². The Balaban J connectivity index is 3.63. The molecule has 0 radical (unpaired) electrons. The molecule has 0 saturated heterocycles. The molecule has 0 saturated carbocycles. The van der Waals surface area contributed by atoms with E-state index >= 15 is 0 Å². The summed E-state index contributed by atoms with van der Waals surface area (Å²) in [5.41, 5.74) is 1.79. The summed E-state index contributed by atoms with van der Waals surface area (Å²) in [7, 11) is 0. The number of carbonyl (C=O) groups is 1. The molecule has 0 atom stereocenters. The predicted octanol–water partition coefficient (Wildman–Crippen LogP) is 2.63. The van der Waals surface area contributed by atoms with Crippen molar-refractivity contribution in [2.45, 2.75) is 26.0 Å². The molecule has 124 valence electrons. The number of carbonyl (C=O) groups excluding carboxylic acids is 1. The monoisotopic (exact) mass is 332 g/mol. The summed E-state index contributed by atoms with van der Waals surface area (Å²) in [4.78, 5) is 14.6. The highest BCUT2D eigenvalue weighted by molar-refractivity contribution is 5.94. The van der Waals surface area contributed by atoms with Crippen molar-refractivity contribution in [3.8, 4) is 5.75 Å². The molecule has 1 rings (SSSR count). The Morgan fingerprint density at radius 3 is 2.27 bits per heavy atom. The number of pyridine rings is 1. The summed E-state index contributed by atoms with van der Waals surface area (Å²) < 4.78 is 83.3. The molecule has 0 aliphatic heterocycles. The molecule has 5 nitrogen and oxygen atoms in total. The van der Waals surface area contributed by atoms with E-state index in [1.54, 1.807) is 0 Å². The van der Waals surface area contributed by atoms with E-state index < -0.39 is 42.1 Å². The second-order valence-electron chi connectivity index (χ2n) is 3.81. The van der Waals surface area contributed by atoms with Gasteiger partial charge in [-0.15, -0.1) is 13.2 Å². The van der Waals surface area contributed by atoms with Crippen LogP contribution in [0.25, 0.3) is 0 Å². The van der Waals surface area contributed by atoms with Crippen LogP contribution in [0.1, 0.15) is 28.5 Å². The van der Waals surface area contributed by atoms with Crippen molar-refractivity contribution in [3.05, 3.63) is 23.0 Å². The van der Waals surface area contributed by atoms with Crippen LogP contribution in [-0.2, 0) is 17.5 Å². The number of halogens is 6. The zero-order valence-corrected chi connectivity index (χ0v) is 11.0. The van der Waals surface area contributed by atoms with Gasteiger partial charge in [0.25, 0.3) is 0 Å². The van der Waals surface area contributed by atoms with Crippen LogP contribution in [0.3, 0.4) is 0 Å². The molecule has 0 aliphatic rings. The fraction of sp³-hybridized carbons (Fsp3) is 0.455. The third kappa shape index (κ3) is 4.23. The summed E-state index contributed by atoms with van der Waals surface area (Å²) in [6.07, 6.45) is -10.2. The van der Waals surface area contributed by atoms with Gasteiger partial charge in [0.1, 0.15) is 5.56 Å². The van der Waals surface area contributed by atoms with Gasteiger partial charge in [0.05, 0.1) is 6.61 Å². The maximum absolute atomic E-state index is 12.8. The summed E-state index contributed by atoms with van der Waals surface area (Å²) in [5, 5.41) is 0. The van der Waals surface area contributed by atoms with Crippen LogP contribution in [0.5, 0.6) is 5.75 Å². The Labute approximate surface area is 120 Å². The molecule has 0 unspecified atom stereocenters. The van der Waals surface area contributed by atoms with Gasteiger partial charge in [-0.05, 0) is 6.92 Å². The normalized spacial score (nSPS) is 12.2. The number of nitrogens with two attached hydrogens (primary N) is 1. The van der Waals surface area contributed by atoms with E-state index in [0.717, 1.165) is 0 Å². The smallest absolute Gasteiger partial charge is 0.462 e. The van der Waals surface area contributed by atoms with E-state index in [2.05, 4.69) is 14.5 Å². The highest BCUT2D eigenvalue weighted by atomic mass is 19.4. The van der Waals surface area contributed by atoms with E-state index in [1.807, 2.05) is 0 Å². The van der Waals surface area contributed by atoms with Crippen LogP contribution < -0.4 is 10.5 Å². The van der Waals surface area contributed by atoms with Gasteiger partial charge in [-0.2, -0.15) is 13.2 Å². The Hall–Kier alpha value is -2.04. The Bertz CT molecular complexity index is 556. The minimum Gasteiger partial charge on any atom is -0.462 e. The van der Waals surface area contributed by atoms with Crippen molar-refractivity contribution < 1.29 is 40.6 Å². The van der Waals surface area contributed by atoms with E-state index in [9.17, 15) is 31.1 Å². The van der Waals surface area contributed by atoms with E-state index in [0.29, 0.717) is 6.20 Å². The molecule has 1 aromatic heterocycles. The highest BCUT2D eigenvalue weighted by Crippen LogP contribution is 2.40. The second-order valence-corrected chi connectivity index (χ2v) is 3.81. The summed E-state index contributed by atoms with van der Waals surface area (Å²) in [5.74, 6) is -3.20. The van der Waals surface area contributed by atoms with Gasteiger partial charge in [0.15, 0.2) is 11.4 Å². The van der Waals surface area contributed by atoms with Gasteiger partial charge in [0.2, 0.25) is 0 Å². The van der Waals surface area contributed by atoms with Gasteiger partial charge >= 0.3 is 18.5 Å². The quantitative estimate of drug-likeness (QED) is 0.678. The topological polar surface area (TPSA) is 74.4 Å². The molecule has 2 N–H and O–H groups in total. The van der Waals surface area contributed by atoms with Gasteiger partial charge in [-0.25, -0.2) is 9.78 Å². The summed E-state index contributed by atoms with van der Waals surface area (Å²) >= 11 is 0. The first kappa shape index (κ1) is 18.0. The van der Waals surface area contributed by atoms with Crippen molar-refractivity contribution in [2.75, 3.05) is 6.61 Å². The zero-order valence-electron chi connectivity index (χ0n) is 11.0. The molecule has 0 fully saturated rings. The molecule has 1 heterocycles. The summed E-state index contributed by atoms with van der Waals surface area (Å²) in [6, 6.07) is 0. The number of aromatic nitrogens is 1. The van der Waals surface area contributed by atoms with Gasteiger partial charge < -0.3 is 15.2 Å². The minimum absolute atomic E-state index is 0.266. The fourth-order valence-corrected chi connectivity index (χ4v) is 1.53. The lowest BCUT2D eigenvalue weighted by atomic mass is 10.1. The predicted molar refractivity (Wildman–Crippen MR) is 59.8 cm³/mol. The van der Waals surface area contributed by atoms with E-state index in [1.165, 1.54) is 6.92 Å². The lowest BCUT2D eigenvalue weighted by Gasteiger charge is -2.19. The Morgan fingerprint density at radius 1 is 1.27 bits per heavy atom. The van der Waals surface area contributed by atoms with Gasteiger partial charge in [-0.1, -0.05) is 0 Å². The van der Waals surface area contributed by atoms with Crippen LogP contribution in [-0.4, -0.2) is 23.9 Å². The standard InChI is InChI=1S/C11H10F6N2O3/c1-2-21-9(20)6-5(3-18)4-19-8(10(12,13)14)7(6)22-11(15,16)17/h4H,2-3,18H2,1H3. The van der Waals surface area contributed by atoms with E-state index in [4.69, 9.17) is 5.73 Å². The highest BCUT2D eigenvalue weighted by Gasteiger charge is 2.44. The molecule has 22 heavy (non-hydrogen) atoms. The first-order valence-corrected chi connectivity index (χ1v) is 5.73. The molecule has 0 spiro atoms. The molecule has 0 aromatic carbocycles. The SMILES string of the molecule is CCOC(=O)c1c(CN)cnc(C(F)(F)F)c1OC(F)(F)F. The van der Waals surface area contributed by atoms with Crippen LogP contribution in [0.2, 0.25) is 0 Å². The van der Waals surface area contributed by atoms with Crippen molar-refractivity contribution >= 4 is 5.97 Å². The lowest BCUT2D eigenvalue weighted by molar-refractivity contribution is -0.276. The van der Waals surface area contributed by atoms with Crippen LogP contribution in [0.4, 0.5) is 26.3 Å². The van der Waals surface area contributed by atoms with Crippen molar-refractivity contribution in [1.82, 2.24) is 4.98 Å². The molecule has 0 amide bonds. The Morgan fingerprint density at radius 2 is 1.86 bits per heavy atom. The molecule has 0 aliphatic carbocycles.